The van der Waals surface area contributed by atoms with Gasteiger partial charge in [-0.2, -0.15) is 4.98 Å². The molecular weight excluding hydrogens is 244 g/mol. The number of ether oxygens (including phenoxy) is 1. The fraction of sp³-hybridized carbons (Fsp3) is 0.300. The largest absolute Gasteiger partial charge is 0.478 e. The van der Waals surface area contributed by atoms with Crippen molar-refractivity contribution in [1.82, 2.24) is 15.1 Å². The minimum atomic E-state index is 0. The van der Waals surface area contributed by atoms with Crippen molar-refractivity contribution in [3.63, 3.8) is 0 Å². The number of hydrogen-bond donors (Lipinski definition) is 1. The minimum absolute atomic E-state index is 0. The van der Waals surface area contributed by atoms with Gasteiger partial charge in [-0.1, -0.05) is 5.16 Å². The lowest BCUT2D eigenvalue weighted by Gasteiger charge is -2.00. The van der Waals surface area contributed by atoms with E-state index in [0.717, 1.165) is 5.56 Å². The average molecular weight is 257 g/mol. The van der Waals surface area contributed by atoms with Gasteiger partial charge in [0.2, 0.25) is 17.6 Å². The fourth-order valence-electron chi connectivity index (χ4n) is 1.20. The van der Waals surface area contributed by atoms with Crippen molar-refractivity contribution in [2.24, 2.45) is 5.73 Å². The van der Waals surface area contributed by atoms with Gasteiger partial charge in [-0.3, -0.25) is 0 Å². The van der Waals surface area contributed by atoms with E-state index in [0.29, 0.717) is 24.2 Å². The second kappa shape index (κ2) is 6.17. The summed E-state index contributed by atoms with van der Waals surface area (Å²) in [6.07, 6.45) is 1.64. The van der Waals surface area contributed by atoms with Gasteiger partial charge in [0, 0.05) is 17.8 Å². The van der Waals surface area contributed by atoms with Crippen molar-refractivity contribution in [3.05, 3.63) is 24.2 Å². The van der Waals surface area contributed by atoms with E-state index < -0.39 is 0 Å². The van der Waals surface area contributed by atoms with Crippen molar-refractivity contribution < 1.29 is 9.26 Å². The summed E-state index contributed by atoms with van der Waals surface area (Å²) >= 11 is 0. The number of pyridine rings is 1. The van der Waals surface area contributed by atoms with E-state index in [4.69, 9.17) is 15.0 Å². The molecule has 0 atom stereocenters. The zero-order chi connectivity index (χ0) is 11.4. The maximum absolute atomic E-state index is 5.37. The Hall–Kier alpha value is -1.66. The van der Waals surface area contributed by atoms with Gasteiger partial charge >= 0.3 is 0 Å². The van der Waals surface area contributed by atoms with E-state index in [-0.39, 0.29) is 19.0 Å². The van der Waals surface area contributed by atoms with Crippen LogP contribution in [0.3, 0.4) is 0 Å². The van der Waals surface area contributed by atoms with Crippen LogP contribution in [0.25, 0.3) is 11.4 Å². The topological polar surface area (TPSA) is 87.1 Å². The average Bonchev–Trinajstić information content (AvgIpc) is 2.79. The van der Waals surface area contributed by atoms with Crippen LogP contribution in [0.2, 0.25) is 0 Å². The molecule has 2 rings (SSSR count). The first-order chi connectivity index (χ1) is 7.83. The van der Waals surface area contributed by atoms with Crippen LogP contribution >= 0.6 is 12.4 Å². The van der Waals surface area contributed by atoms with Crippen molar-refractivity contribution in [2.45, 2.75) is 13.5 Å². The molecule has 2 aromatic heterocycles. The van der Waals surface area contributed by atoms with E-state index in [1.807, 2.05) is 13.0 Å². The smallest absolute Gasteiger partial charge is 0.240 e. The van der Waals surface area contributed by atoms with Crippen LogP contribution in [0.15, 0.2) is 22.9 Å². The number of rotatable bonds is 4. The molecule has 0 radical (unpaired) electrons. The van der Waals surface area contributed by atoms with E-state index in [1.54, 1.807) is 12.3 Å². The van der Waals surface area contributed by atoms with E-state index in [2.05, 4.69) is 15.1 Å². The maximum atomic E-state index is 5.37. The zero-order valence-electron chi connectivity index (χ0n) is 9.29. The number of nitrogens with zero attached hydrogens (tertiary/aromatic N) is 3. The van der Waals surface area contributed by atoms with Gasteiger partial charge in [0.15, 0.2) is 0 Å². The second-order valence-corrected chi connectivity index (χ2v) is 3.03. The van der Waals surface area contributed by atoms with Crippen molar-refractivity contribution >= 4 is 12.4 Å². The highest BCUT2D eigenvalue weighted by atomic mass is 35.5. The Balaban J connectivity index is 0.00000144. The molecule has 0 fully saturated rings. The molecule has 0 saturated carbocycles. The third kappa shape index (κ3) is 3.15. The van der Waals surface area contributed by atoms with Gasteiger partial charge < -0.3 is 15.0 Å². The Morgan fingerprint density at radius 3 is 2.76 bits per heavy atom. The molecule has 0 amide bonds. The highest BCUT2D eigenvalue weighted by Crippen LogP contribution is 2.17. The summed E-state index contributed by atoms with van der Waals surface area (Å²) in [5.41, 5.74) is 6.14. The van der Waals surface area contributed by atoms with E-state index in [9.17, 15) is 0 Å². The first kappa shape index (κ1) is 13.4. The van der Waals surface area contributed by atoms with Crippen LogP contribution in [0.5, 0.6) is 5.88 Å². The molecule has 17 heavy (non-hydrogen) atoms. The highest BCUT2D eigenvalue weighted by molar-refractivity contribution is 5.85. The van der Waals surface area contributed by atoms with Gasteiger partial charge in [-0.25, -0.2) is 4.98 Å². The SMILES string of the molecule is CCOc1ccc(-c2noc(CN)n2)cn1.Cl. The lowest BCUT2D eigenvalue weighted by molar-refractivity contribution is 0.327. The number of hydrogen-bond acceptors (Lipinski definition) is 6. The standard InChI is InChI=1S/C10H12N4O2.ClH/c1-2-15-8-4-3-7(6-12-8)10-13-9(5-11)16-14-10;/h3-4,6H,2,5,11H2,1H3;1H. The molecule has 0 spiro atoms. The Labute approximate surface area is 105 Å². The van der Waals surface area contributed by atoms with Crippen LogP contribution in [-0.4, -0.2) is 21.7 Å². The molecule has 0 aliphatic heterocycles. The normalized spacial score (nSPS) is 9.76. The van der Waals surface area contributed by atoms with Crippen LogP contribution in [0, 0.1) is 0 Å². The van der Waals surface area contributed by atoms with Crippen LogP contribution < -0.4 is 10.5 Å². The molecule has 0 aliphatic rings. The Morgan fingerprint density at radius 2 is 2.24 bits per heavy atom. The molecule has 2 heterocycles. The third-order valence-corrected chi connectivity index (χ3v) is 1.93. The van der Waals surface area contributed by atoms with E-state index >= 15 is 0 Å². The number of halogens is 1. The highest BCUT2D eigenvalue weighted by Gasteiger charge is 2.07. The lowest BCUT2D eigenvalue weighted by Crippen LogP contribution is -1.96. The number of aromatic nitrogens is 3. The molecular formula is C10H13ClN4O2. The molecule has 0 aromatic carbocycles. The molecule has 6 nitrogen and oxygen atoms in total. The van der Waals surface area contributed by atoms with E-state index in [1.165, 1.54) is 0 Å². The monoisotopic (exact) mass is 256 g/mol. The maximum Gasteiger partial charge on any atom is 0.240 e. The summed E-state index contributed by atoms with van der Waals surface area (Å²) in [4.78, 5) is 8.20. The second-order valence-electron chi connectivity index (χ2n) is 3.03. The Bertz CT molecular complexity index is 458. The summed E-state index contributed by atoms with van der Waals surface area (Å²) in [6.45, 7) is 2.73. The fourth-order valence-corrected chi connectivity index (χ4v) is 1.20. The Morgan fingerprint density at radius 1 is 1.41 bits per heavy atom. The third-order valence-electron chi connectivity index (χ3n) is 1.93. The zero-order valence-corrected chi connectivity index (χ0v) is 10.1. The summed E-state index contributed by atoms with van der Waals surface area (Å²) in [7, 11) is 0. The van der Waals surface area contributed by atoms with Gasteiger partial charge in [-0.15, -0.1) is 12.4 Å². The van der Waals surface area contributed by atoms with Crippen LogP contribution in [0.1, 0.15) is 12.8 Å². The first-order valence-electron chi connectivity index (χ1n) is 4.95. The molecule has 7 heteroatoms. The van der Waals surface area contributed by atoms with Crippen LogP contribution in [0.4, 0.5) is 0 Å². The van der Waals surface area contributed by atoms with Crippen LogP contribution in [-0.2, 0) is 6.54 Å². The summed E-state index contributed by atoms with van der Waals surface area (Å²) in [5, 5.41) is 3.79. The molecule has 2 aromatic rings. The molecule has 0 aliphatic carbocycles. The molecule has 2 N–H and O–H groups in total. The van der Waals surface area contributed by atoms with Gasteiger partial charge in [0.05, 0.1) is 13.2 Å². The Kier molecular flexibility index (Phi) is 4.86. The summed E-state index contributed by atoms with van der Waals surface area (Å²) in [5.74, 6) is 1.47. The van der Waals surface area contributed by atoms with Gasteiger partial charge in [-0.05, 0) is 13.0 Å². The van der Waals surface area contributed by atoms with Gasteiger partial charge in [0.25, 0.3) is 0 Å². The molecule has 0 unspecified atom stereocenters. The van der Waals surface area contributed by atoms with Crippen molar-refractivity contribution in [1.29, 1.82) is 0 Å². The summed E-state index contributed by atoms with van der Waals surface area (Å²) in [6, 6.07) is 3.58. The predicted octanol–water partition coefficient (Wildman–Crippen LogP) is 1.41. The number of nitrogens with two attached hydrogens (primary N) is 1. The first-order valence-corrected chi connectivity index (χ1v) is 4.95. The molecule has 92 valence electrons. The lowest BCUT2D eigenvalue weighted by atomic mass is 10.3. The quantitative estimate of drug-likeness (QED) is 0.890. The molecule has 0 saturated heterocycles. The van der Waals surface area contributed by atoms with Crippen molar-refractivity contribution in [3.8, 4) is 17.3 Å². The predicted molar refractivity (Wildman–Crippen MR) is 63.8 cm³/mol. The molecule has 0 bridgehead atoms. The summed E-state index contributed by atoms with van der Waals surface area (Å²) < 4.78 is 10.1. The minimum Gasteiger partial charge on any atom is -0.478 e. The van der Waals surface area contributed by atoms with Crippen molar-refractivity contribution in [2.75, 3.05) is 6.61 Å². The van der Waals surface area contributed by atoms with Gasteiger partial charge in [0.1, 0.15) is 0 Å².